The van der Waals surface area contributed by atoms with E-state index in [4.69, 9.17) is 4.74 Å². The molecule has 0 saturated heterocycles. The van der Waals surface area contributed by atoms with Crippen molar-refractivity contribution in [2.24, 2.45) is 0 Å². The summed E-state index contributed by atoms with van der Waals surface area (Å²) in [6.45, 7) is 0.738. The number of hydrogen-bond acceptors (Lipinski definition) is 3. The van der Waals surface area contributed by atoms with Gasteiger partial charge in [-0.25, -0.2) is 13.1 Å². The maximum absolute atomic E-state index is 11.5. The fraction of sp³-hybridized carbons (Fsp3) is 0.250. The summed E-state index contributed by atoms with van der Waals surface area (Å²) in [6.07, 6.45) is 1.15. The molecule has 0 heterocycles. The molecule has 2 aromatic carbocycles. The minimum Gasteiger partial charge on any atom is -0.375 e. The standard InChI is InChI=1S/C16H19NO3S/c1-21(18,19)17-16(15-10-6-3-7-11-15)13-20-12-14-8-4-2-5-9-14/h2-11,16-17H,12-13H2,1H3. The average Bonchev–Trinajstić information content (AvgIpc) is 2.47. The fourth-order valence-electron chi connectivity index (χ4n) is 2.01. The molecule has 0 amide bonds. The van der Waals surface area contributed by atoms with E-state index in [2.05, 4.69) is 4.72 Å². The van der Waals surface area contributed by atoms with Crippen LogP contribution in [0.2, 0.25) is 0 Å². The first-order chi connectivity index (χ1) is 10.0. The minimum absolute atomic E-state index is 0.284. The highest BCUT2D eigenvalue weighted by Crippen LogP contribution is 2.15. The number of hydrogen-bond donors (Lipinski definition) is 1. The van der Waals surface area contributed by atoms with Gasteiger partial charge in [0.2, 0.25) is 10.0 Å². The van der Waals surface area contributed by atoms with Crippen LogP contribution in [0, 0.1) is 0 Å². The SMILES string of the molecule is CS(=O)(=O)NC(COCc1ccccc1)c1ccccc1. The van der Waals surface area contributed by atoms with Gasteiger partial charge in [-0.05, 0) is 11.1 Å². The van der Waals surface area contributed by atoms with Crippen molar-refractivity contribution in [2.75, 3.05) is 12.9 Å². The summed E-state index contributed by atoms with van der Waals surface area (Å²) in [7, 11) is -3.30. The number of benzene rings is 2. The summed E-state index contributed by atoms with van der Waals surface area (Å²) in [5, 5.41) is 0. The molecule has 2 rings (SSSR count). The van der Waals surface area contributed by atoms with E-state index in [1.165, 1.54) is 0 Å². The molecule has 4 nitrogen and oxygen atoms in total. The van der Waals surface area contributed by atoms with Crippen molar-refractivity contribution >= 4 is 10.0 Å². The largest absolute Gasteiger partial charge is 0.375 e. The third kappa shape index (κ3) is 5.67. The van der Waals surface area contributed by atoms with Crippen molar-refractivity contribution in [1.29, 1.82) is 0 Å². The quantitative estimate of drug-likeness (QED) is 0.855. The summed E-state index contributed by atoms with van der Waals surface area (Å²) in [5.74, 6) is 0. The zero-order chi connectivity index (χ0) is 15.1. The maximum atomic E-state index is 11.5. The van der Waals surface area contributed by atoms with Crippen molar-refractivity contribution in [3.8, 4) is 0 Å². The summed E-state index contributed by atoms with van der Waals surface area (Å²) in [4.78, 5) is 0. The lowest BCUT2D eigenvalue weighted by atomic mass is 10.1. The van der Waals surface area contributed by atoms with E-state index in [0.717, 1.165) is 17.4 Å². The summed E-state index contributed by atoms with van der Waals surface area (Å²) < 4.78 is 31.2. The van der Waals surface area contributed by atoms with E-state index < -0.39 is 10.0 Å². The molecule has 21 heavy (non-hydrogen) atoms. The van der Waals surface area contributed by atoms with Gasteiger partial charge in [0, 0.05) is 0 Å². The number of rotatable bonds is 7. The van der Waals surface area contributed by atoms with E-state index in [1.807, 2.05) is 60.7 Å². The number of sulfonamides is 1. The lowest BCUT2D eigenvalue weighted by molar-refractivity contribution is 0.104. The normalized spacial score (nSPS) is 13.0. The molecule has 112 valence electrons. The zero-order valence-corrected chi connectivity index (χ0v) is 12.7. The number of nitrogens with one attached hydrogen (secondary N) is 1. The van der Waals surface area contributed by atoms with E-state index >= 15 is 0 Å². The number of ether oxygens (including phenoxy) is 1. The highest BCUT2D eigenvalue weighted by Gasteiger charge is 2.16. The van der Waals surface area contributed by atoms with E-state index in [9.17, 15) is 8.42 Å². The third-order valence-electron chi connectivity index (χ3n) is 2.95. The second-order valence-corrected chi connectivity index (χ2v) is 6.63. The Labute approximate surface area is 125 Å². The molecular weight excluding hydrogens is 286 g/mol. The molecule has 0 fully saturated rings. The first-order valence-corrected chi connectivity index (χ1v) is 8.57. The van der Waals surface area contributed by atoms with E-state index in [0.29, 0.717) is 6.61 Å². The smallest absolute Gasteiger partial charge is 0.209 e. The Morgan fingerprint density at radius 2 is 1.57 bits per heavy atom. The van der Waals surface area contributed by atoms with Crippen molar-refractivity contribution < 1.29 is 13.2 Å². The summed E-state index contributed by atoms with van der Waals surface area (Å²) in [5.41, 5.74) is 1.94. The summed E-state index contributed by atoms with van der Waals surface area (Å²) >= 11 is 0. The molecule has 2 aromatic rings. The van der Waals surface area contributed by atoms with Crippen LogP contribution in [0.5, 0.6) is 0 Å². The monoisotopic (exact) mass is 305 g/mol. The summed E-state index contributed by atoms with van der Waals surface area (Å²) in [6, 6.07) is 18.8. The topological polar surface area (TPSA) is 55.4 Å². The molecule has 0 bridgehead atoms. The van der Waals surface area contributed by atoms with Gasteiger partial charge >= 0.3 is 0 Å². The molecule has 0 aliphatic carbocycles. The van der Waals surface area contributed by atoms with Crippen molar-refractivity contribution in [1.82, 2.24) is 4.72 Å². The third-order valence-corrected chi connectivity index (χ3v) is 3.67. The Bertz CT molecular complexity index is 642. The Balaban J connectivity index is 2.00. The molecule has 0 radical (unpaired) electrons. The van der Waals surface area contributed by atoms with Gasteiger partial charge in [-0.3, -0.25) is 0 Å². The van der Waals surface area contributed by atoms with Gasteiger partial charge in [0.15, 0.2) is 0 Å². The van der Waals surface area contributed by atoms with Gasteiger partial charge in [0.1, 0.15) is 0 Å². The van der Waals surface area contributed by atoms with Gasteiger partial charge in [0.25, 0.3) is 0 Å². The first kappa shape index (κ1) is 15.7. The van der Waals surface area contributed by atoms with Crippen molar-refractivity contribution in [3.63, 3.8) is 0 Å². The Kier molecular flexibility index (Phi) is 5.50. The molecule has 0 saturated carbocycles. The minimum atomic E-state index is -3.30. The highest BCUT2D eigenvalue weighted by atomic mass is 32.2. The first-order valence-electron chi connectivity index (χ1n) is 6.68. The van der Waals surface area contributed by atoms with Gasteiger partial charge in [-0.2, -0.15) is 0 Å². The molecule has 5 heteroatoms. The molecule has 1 atom stereocenters. The molecule has 0 spiro atoms. The molecule has 1 unspecified atom stereocenters. The Morgan fingerprint density at radius 3 is 2.14 bits per heavy atom. The van der Waals surface area contributed by atoms with Crippen LogP contribution >= 0.6 is 0 Å². The zero-order valence-electron chi connectivity index (χ0n) is 11.9. The van der Waals surface area contributed by atoms with Crippen LogP contribution in [0.1, 0.15) is 17.2 Å². The van der Waals surface area contributed by atoms with Gasteiger partial charge in [-0.1, -0.05) is 60.7 Å². The van der Waals surface area contributed by atoms with Crippen LogP contribution in [0.15, 0.2) is 60.7 Å². The molecule has 0 aliphatic rings. The van der Waals surface area contributed by atoms with E-state index in [1.54, 1.807) is 0 Å². The molecular formula is C16H19NO3S. The van der Waals surface area contributed by atoms with Crippen LogP contribution in [-0.4, -0.2) is 21.3 Å². The lowest BCUT2D eigenvalue weighted by Crippen LogP contribution is -2.30. The van der Waals surface area contributed by atoms with Crippen LogP contribution in [0.25, 0.3) is 0 Å². The second kappa shape index (κ2) is 7.36. The predicted molar refractivity (Wildman–Crippen MR) is 83.3 cm³/mol. The Morgan fingerprint density at radius 1 is 1.00 bits per heavy atom. The van der Waals surface area contributed by atoms with E-state index in [-0.39, 0.29) is 12.6 Å². The van der Waals surface area contributed by atoms with Crippen molar-refractivity contribution in [3.05, 3.63) is 71.8 Å². The van der Waals surface area contributed by atoms with Gasteiger partial charge in [0.05, 0.1) is 25.5 Å². The van der Waals surface area contributed by atoms with Crippen LogP contribution in [0.4, 0.5) is 0 Å². The van der Waals surface area contributed by atoms with Crippen molar-refractivity contribution in [2.45, 2.75) is 12.6 Å². The maximum Gasteiger partial charge on any atom is 0.209 e. The highest BCUT2D eigenvalue weighted by molar-refractivity contribution is 7.88. The fourth-order valence-corrected chi connectivity index (χ4v) is 2.73. The molecule has 0 aliphatic heterocycles. The molecule has 1 N–H and O–H groups in total. The van der Waals surface area contributed by atoms with Crippen LogP contribution in [0.3, 0.4) is 0 Å². The van der Waals surface area contributed by atoms with Crippen LogP contribution < -0.4 is 4.72 Å². The lowest BCUT2D eigenvalue weighted by Gasteiger charge is -2.18. The Hall–Kier alpha value is -1.69. The molecule has 0 aromatic heterocycles. The van der Waals surface area contributed by atoms with Crippen LogP contribution in [-0.2, 0) is 21.4 Å². The predicted octanol–water partition coefficient (Wildman–Crippen LogP) is 2.49. The van der Waals surface area contributed by atoms with Gasteiger partial charge in [-0.15, -0.1) is 0 Å². The second-order valence-electron chi connectivity index (χ2n) is 4.85. The van der Waals surface area contributed by atoms with Gasteiger partial charge < -0.3 is 4.74 Å². The average molecular weight is 305 g/mol.